The zero-order valence-corrected chi connectivity index (χ0v) is 7.86. The van der Waals surface area contributed by atoms with E-state index in [1.54, 1.807) is 0 Å². The van der Waals surface area contributed by atoms with Gasteiger partial charge in [0, 0.05) is 0 Å². The second-order valence-corrected chi connectivity index (χ2v) is 3.72. The van der Waals surface area contributed by atoms with Crippen LogP contribution in [0.5, 0.6) is 5.75 Å². The van der Waals surface area contributed by atoms with Gasteiger partial charge in [0.25, 0.3) is 0 Å². The van der Waals surface area contributed by atoms with Crippen LogP contribution >= 0.6 is 0 Å². The molecule has 0 radical (unpaired) electrons. The molecule has 1 aliphatic heterocycles. The van der Waals surface area contributed by atoms with E-state index >= 15 is 0 Å². The van der Waals surface area contributed by atoms with E-state index in [0.29, 0.717) is 12.6 Å². The highest BCUT2D eigenvalue weighted by Gasteiger charge is 2.22. The summed E-state index contributed by atoms with van der Waals surface area (Å²) in [6.07, 6.45) is 2.46. The van der Waals surface area contributed by atoms with E-state index in [0.717, 1.165) is 17.3 Å². The minimum Gasteiger partial charge on any atom is -0.484 e. The molecular formula is C11H12N2O. The van der Waals surface area contributed by atoms with Gasteiger partial charge in [-0.1, -0.05) is 12.1 Å². The first-order chi connectivity index (χ1) is 6.92. The summed E-state index contributed by atoms with van der Waals surface area (Å²) in [4.78, 5) is 4.53. The van der Waals surface area contributed by atoms with E-state index in [4.69, 9.17) is 4.74 Å². The Morgan fingerprint density at radius 3 is 3.00 bits per heavy atom. The number of hydrogen-bond donors (Lipinski definition) is 1. The molecule has 3 nitrogen and oxygen atoms in total. The Hall–Kier alpha value is -1.51. The molecule has 1 heterocycles. The Kier molecular flexibility index (Phi) is 1.69. The fourth-order valence-corrected chi connectivity index (χ4v) is 1.53. The SMILES string of the molecule is c1ccc2c(c1)NC(=NC1CC1)CO2. The van der Waals surface area contributed by atoms with Gasteiger partial charge in [-0.25, -0.2) is 0 Å². The molecule has 3 heteroatoms. The normalized spacial score (nSPS) is 22.4. The highest BCUT2D eigenvalue weighted by molar-refractivity contribution is 5.99. The van der Waals surface area contributed by atoms with Gasteiger partial charge < -0.3 is 10.1 Å². The highest BCUT2D eigenvalue weighted by atomic mass is 16.5. The Balaban J connectivity index is 1.85. The Morgan fingerprint density at radius 1 is 1.29 bits per heavy atom. The maximum atomic E-state index is 5.57. The molecule has 1 aliphatic carbocycles. The summed E-state index contributed by atoms with van der Waals surface area (Å²) in [6.45, 7) is 0.577. The third-order valence-corrected chi connectivity index (χ3v) is 2.42. The lowest BCUT2D eigenvalue weighted by molar-refractivity contribution is 0.372. The molecule has 0 spiro atoms. The number of para-hydroxylation sites is 2. The number of nitrogens with zero attached hydrogens (tertiary/aromatic N) is 1. The number of aliphatic imine (C=N–C) groups is 1. The molecule has 1 aromatic rings. The minimum atomic E-state index is 0.548. The minimum absolute atomic E-state index is 0.548. The molecule has 0 unspecified atom stereocenters. The summed E-state index contributed by atoms with van der Waals surface area (Å²) < 4.78 is 5.57. The average Bonchev–Trinajstić information content (AvgIpc) is 3.02. The standard InChI is InChI=1S/C11H12N2O/c1-2-4-10-9(3-1)13-11(7-14-10)12-8-5-6-8/h1-4,8H,5-7H2,(H,12,13). The Bertz CT molecular complexity index is 383. The van der Waals surface area contributed by atoms with Crippen LogP contribution in [-0.4, -0.2) is 18.5 Å². The van der Waals surface area contributed by atoms with E-state index in [1.807, 2.05) is 24.3 Å². The summed E-state index contributed by atoms with van der Waals surface area (Å²) in [6, 6.07) is 8.50. The second kappa shape index (κ2) is 3.01. The van der Waals surface area contributed by atoms with E-state index in [-0.39, 0.29) is 0 Å². The summed E-state index contributed by atoms with van der Waals surface area (Å²) >= 11 is 0. The van der Waals surface area contributed by atoms with Gasteiger partial charge in [-0.3, -0.25) is 4.99 Å². The molecule has 1 fully saturated rings. The number of nitrogens with one attached hydrogen (secondary N) is 1. The van der Waals surface area contributed by atoms with Crippen LogP contribution in [0, 0.1) is 0 Å². The number of ether oxygens (including phenoxy) is 1. The summed E-state index contributed by atoms with van der Waals surface area (Å²) in [5, 5.41) is 3.29. The van der Waals surface area contributed by atoms with Crippen LogP contribution in [0.4, 0.5) is 5.69 Å². The number of anilines is 1. The van der Waals surface area contributed by atoms with Crippen LogP contribution in [0.25, 0.3) is 0 Å². The van der Waals surface area contributed by atoms with Crippen LogP contribution in [0.15, 0.2) is 29.3 Å². The maximum absolute atomic E-state index is 5.57. The Labute approximate surface area is 82.8 Å². The van der Waals surface area contributed by atoms with Gasteiger partial charge in [0.2, 0.25) is 0 Å². The smallest absolute Gasteiger partial charge is 0.146 e. The molecule has 0 saturated heterocycles. The first kappa shape index (κ1) is 7.85. The molecule has 0 atom stereocenters. The van der Waals surface area contributed by atoms with Crippen molar-refractivity contribution >= 4 is 11.5 Å². The van der Waals surface area contributed by atoms with Gasteiger partial charge in [0.05, 0.1) is 11.7 Å². The molecule has 2 aliphatic rings. The van der Waals surface area contributed by atoms with Gasteiger partial charge in [-0.05, 0) is 25.0 Å². The molecule has 1 N–H and O–H groups in total. The predicted octanol–water partition coefficient (Wildman–Crippen LogP) is 2.05. The summed E-state index contributed by atoms with van der Waals surface area (Å²) in [5.41, 5.74) is 1.03. The quantitative estimate of drug-likeness (QED) is 0.731. The van der Waals surface area contributed by atoms with Crippen molar-refractivity contribution in [2.75, 3.05) is 11.9 Å². The first-order valence-electron chi connectivity index (χ1n) is 4.97. The fourth-order valence-electron chi connectivity index (χ4n) is 1.53. The average molecular weight is 188 g/mol. The predicted molar refractivity (Wildman–Crippen MR) is 56.0 cm³/mol. The van der Waals surface area contributed by atoms with E-state index in [1.165, 1.54) is 12.8 Å². The largest absolute Gasteiger partial charge is 0.484 e. The zero-order valence-electron chi connectivity index (χ0n) is 7.86. The van der Waals surface area contributed by atoms with E-state index in [2.05, 4.69) is 10.3 Å². The van der Waals surface area contributed by atoms with Crippen LogP contribution < -0.4 is 10.1 Å². The van der Waals surface area contributed by atoms with Crippen LogP contribution in [0.3, 0.4) is 0 Å². The molecule has 14 heavy (non-hydrogen) atoms. The second-order valence-electron chi connectivity index (χ2n) is 3.72. The van der Waals surface area contributed by atoms with Crippen molar-refractivity contribution < 1.29 is 4.74 Å². The third-order valence-electron chi connectivity index (χ3n) is 2.42. The van der Waals surface area contributed by atoms with Crippen LogP contribution in [0.2, 0.25) is 0 Å². The molecular weight excluding hydrogens is 176 g/mol. The number of rotatable bonds is 1. The number of benzene rings is 1. The monoisotopic (exact) mass is 188 g/mol. The zero-order chi connectivity index (χ0) is 9.38. The van der Waals surface area contributed by atoms with Gasteiger partial charge in [0.1, 0.15) is 18.2 Å². The van der Waals surface area contributed by atoms with Gasteiger partial charge in [-0.2, -0.15) is 0 Å². The van der Waals surface area contributed by atoms with Gasteiger partial charge in [0.15, 0.2) is 0 Å². The van der Waals surface area contributed by atoms with Crippen molar-refractivity contribution in [3.63, 3.8) is 0 Å². The van der Waals surface area contributed by atoms with Crippen LogP contribution in [0.1, 0.15) is 12.8 Å². The highest BCUT2D eigenvalue weighted by Crippen LogP contribution is 2.28. The number of fused-ring (bicyclic) bond motifs is 1. The molecule has 0 aromatic heterocycles. The molecule has 72 valence electrons. The van der Waals surface area contributed by atoms with Crippen molar-refractivity contribution in [1.82, 2.24) is 0 Å². The topological polar surface area (TPSA) is 33.6 Å². The lowest BCUT2D eigenvalue weighted by Gasteiger charge is -2.20. The van der Waals surface area contributed by atoms with Crippen molar-refractivity contribution in [2.24, 2.45) is 4.99 Å². The van der Waals surface area contributed by atoms with E-state index < -0.39 is 0 Å². The van der Waals surface area contributed by atoms with Gasteiger partial charge in [-0.15, -0.1) is 0 Å². The Morgan fingerprint density at radius 2 is 2.14 bits per heavy atom. The molecule has 1 saturated carbocycles. The van der Waals surface area contributed by atoms with Crippen LogP contribution in [-0.2, 0) is 0 Å². The third kappa shape index (κ3) is 1.45. The maximum Gasteiger partial charge on any atom is 0.146 e. The fraction of sp³-hybridized carbons (Fsp3) is 0.364. The van der Waals surface area contributed by atoms with Crippen molar-refractivity contribution in [1.29, 1.82) is 0 Å². The first-order valence-corrected chi connectivity index (χ1v) is 4.97. The lowest BCUT2D eigenvalue weighted by Crippen LogP contribution is -2.26. The summed E-state index contributed by atoms with van der Waals surface area (Å²) in [7, 11) is 0. The van der Waals surface area contributed by atoms with Crippen molar-refractivity contribution in [3.05, 3.63) is 24.3 Å². The van der Waals surface area contributed by atoms with Gasteiger partial charge >= 0.3 is 0 Å². The molecule has 0 amide bonds. The van der Waals surface area contributed by atoms with E-state index in [9.17, 15) is 0 Å². The van der Waals surface area contributed by atoms with Crippen molar-refractivity contribution in [2.45, 2.75) is 18.9 Å². The summed E-state index contributed by atoms with van der Waals surface area (Å²) in [5.74, 6) is 1.88. The van der Waals surface area contributed by atoms with Crippen molar-refractivity contribution in [3.8, 4) is 5.75 Å². The molecule has 3 rings (SSSR count). The molecule has 1 aromatic carbocycles. The number of amidine groups is 1. The lowest BCUT2D eigenvalue weighted by atomic mass is 10.2. The molecule has 0 bridgehead atoms. The number of hydrogen-bond acceptors (Lipinski definition) is 2.